The van der Waals surface area contributed by atoms with Crippen LogP contribution in [0.4, 0.5) is 5.13 Å². The molecule has 3 nitrogen and oxygen atoms in total. The molecule has 112 valence electrons. The van der Waals surface area contributed by atoms with Crippen LogP contribution in [0.2, 0.25) is 0 Å². The fourth-order valence-corrected chi connectivity index (χ4v) is 3.58. The second kappa shape index (κ2) is 6.58. The van der Waals surface area contributed by atoms with Gasteiger partial charge in [-0.1, -0.05) is 38.1 Å². The van der Waals surface area contributed by atoms with E-state index in [-0.39, 0.29) is 0 Å². The average molecular weight is 301 g/mol. The molecule has 0 unspecified atom stereocenters. The number of hydrogen-bond acceptors (Lipinski definition) is 4. The van der Waals surface area contributed by atoms with Gasteiger partial charge in [-0.25, -0.2) is 4.98 Å². The van der Waals surface area contributed by atoms with Crippen LogP contribution in [0.15, 0.2) is 30.5 Å². The summed E-state index contributed by atoms with van der Waals surface area (Å²) in [4.78, 5) is 8.38. The van der Waals surface area contributed by atoms with Gasteiger partial charge in [0.05, 0.1) is 0 Å². The highest BCUT2D eigenvalue weighted by atomic mass is 32.1. The van der Waals surface area contributed by atoms with E-state index in [4.69, 9.17) is 0 Å². The number of hydrogen-bond donors (Lipinski definition) is 1. The Kier molecular flexibility index (Phi) is 4.56. The fourth-order valence-electron chi connectivity index (χ4n) is 2.69. The Morgan fingerprint density at radius 1 is 1.29 bits per heavy atom. The lowest BCUT2D eigenvalue weighted by molar-refractivity contribution is 0.593. The molecule has 1 aromatic heterocycles. The van der Waals surface area contributed by atoms with Gasteiger partial charge in [-0.15, -0.1) is 11.3 Å². The lowest BCUT2D eigenvalue weighted by Crippen LogP contribution is -2.22. The van der Waals surface area contributed by atoms with Crippen LogP contribution in [-0.4, -0.2) is 17.6 Å². The molecule has 0 radical (unpaired) electrons. The zero-order valence-corrected chi connectivity index (χ0v) is 13.6. The average Bonchev–Trinajstić information content (AvgIpc) is 2.84. The first-order valence-electron chi connectivity index (χ1n) is 7.72. The smallest absolute Gasteiger partial charge is 0.185 e. The number of thiazole rings is 1. The summed E-state index contributed by atoms with van der Waals surface area (Å²) in [6, 6.07) is 9.32. The van der Waals surface area contributed by atoms with E-state index in [1.165, 1.54) is 28.8 Å². The van der Waals surface area contributed by atoms with Crippen LogP contribution < -0.4 is 10.2 Å². The van der Waals surface area contributed by atoms with Crippen LogP contribution in [-0.2, 0) is 19.5 Å². The van der Waals surface area contributed by atoms with E-state index >= 15 is 0 Å². The topological polar surface area (TPSA) is 28.2 Å². The van der Waals surface area contributed by atoms with E-state index in [1.807, 2.05) is 17.5 Å². The van der Waals surface area contributed by atoms with Crippen molar-refractivity contribution in [3.63, 3.8) is 0 Å². The molecule has 1 N–H and O–H groups in total. The molecule has 4 heteroatoms. The molecule has 0 atom stereocenters. The maximum atomic E-state index is 4.64. The van der Waals surface area contributed by atoms with Gasteiger partial charge in [0, 0.05) is 36.8 Å². The molecule has 0 saturated heterocycles. The minimum atomic E-state index is 0.514. The largest absolute Gasteiger partial charge is 0.344 e. The third-order valence-corrected chi connectivity index (χ3v) is 4.91. The Labute approximate surface area is 131 Å². The molecule has 1 aliphatic heterocycles. The third-order valence-electron chi connectivity index (χ3n) is 3.85. The number of fused-ring (bicyclic) bond motifs is 1. The van der Waals surface area contributed by atoms with Crippen LogP contribution in [0, 0.1) is 0 Å². The van der Waals surface area contributed by atoms with Gasteiger partial charge in [-0.3, -0.25) is 0 Å². The van der Waals surface area contributed by atoms with Gasteiger partial charge < -0.3 is 10.2 Å². The van der Waals surface area contributed by atoms with E-state index in [2.05, 4.69) is 53.3 Å². The molecule has 0 saturated carbocycles. The number of rotatable bonds is 4. The summed E-state index contributed by atoms with van der Waals surface area (Å²) in [6.07, 6.45) is 4.40. The van der Waals surface area contributed by atoms with Crippen LogP contribution >= 0.6 is 11.3 Å². The van der Waals surface area contributed by atoms with Crippen molar-refractivity contribution < 1.29 is 0 Å². The first kappa shape index (κ1) is 14.5. The summed E-state index contributed by atoms with van der Waals surface area (Å²) in [5.74, 6) is 0. The summed E-state index contributed by atoms with van der Waals surface area (Å²) in [5.41, 5.74) is 2.95. The molecule has 1 aliphatic rings. The van der Waals surface area contributed by atoms with Crippen LogP contribution in [0.3, 0.4) is 0 Å². The van der Waals surface area contributed by atoms with Crippen molar-refractivity contribution in [1.29, 1.82) is 0 Å². The predicted molar refractivity (Wildman–Crippen MR) is 89.9 cm³/mol. The van der Waals surface area contributed by atoms with E-state index in [1.54, 1.807) is 0 Å². The molecular formula is C17H23N3S. The minimum absolute atomic E-state index is 0.514. The molecule has 0 spiro atoms. The molecular weight excluding hydrogens is 278 g/mol. The molecule has 2 aromatic rings. The SMILES string of the molecule is CC(C)NCc1cnc(N2CCCc3ccccc3C2)s1. The number of anilines is 1. The number of nitrogens with one attached hydrogen (secondary N) is 1. The van der Waals surface area contributed by atoms with Gasteiger partial charge in [0.1, 0.15) is 0 Å². The van der Waals surface area contributed by atoms with Crippen molar-refractivity contribution in [2.24, 2.45) is 0 Å². The van der Waals surface area contributed by atoms with Crippen molar-refractivity contribution in [1.82, 2.24) is 10.3 Å². The monoisotopic (exact) mass is 301 g/mol. The Morgan fingerprint density at radius 3 is 2.90 bits per heavy atom. The van der Waals surface area contributed by atoms with Crippen molar-refractivity contribution in [2.45, 2.75) is 45.8 Å². The lowest BCUT2D eigenvalue weighted by atomic mass is 10.0. The summed E-state index contributed by atoms with van der Waals surface area (Å²) in [7, 11) is 0. The molecule has 21 heavy (non-hydrogen) atoms. The number of aromatic nitrogens is 1. The normalized spacial score (nSPS) is 15.1. The van der Waals surface area contributed by atoms with Gasteiger partial charge in [0.15, 0.2) is 5.13 Å². The highest BCUT2D eigenvalue weighted by Crippen LogP contribution is 2.27. The maximum absolute atomic E-state index is 4.64. The molecule has 3 rings (SSSR count). The first-order chi connectivity index (χ1) is 10.2. The molecule has 0 amide bonds. The van der Waals surface area contributed by atoms with Gasteiger partial charge in [0.2, 0.25) is 0 Å². The van der Waals surface area contributed by atoms with E-state index in [0.717, 1.165) is 24.8 Å². The molecule has 1 aromatic carbocycles. The summed E-state index contributed by atoms with van der Waals surface area (Å²) >= 11 is 1.82. The maximum Gasteiger partial charge on any atom is 0.185 e. The zero-order chi connectivity index (χ0) is 14.7. The van der Waals surface area contributed by atoms with Crippen molar-refractivity contribution in [3.8, 4) is 0 Å². The lowest BCUT2D eigenvalue weighted by Gasteiger charge is -2.19. The Morgan fingerprint density at radius 2 is 2.10 bits per heavy atom. The van der Waals surface area contributed by atoms with Crippen LogP contribution in [0.25, 0.3) is 0 Å². The number of nitrogens with zero attached hydrogens (tertiary/aromatic N) is 2. The van der Waals surface area contributed by atoms with Gasteiger partial charge >= 0.3 is 0 Å². The summed E-state index contributed by atoms with van der Waals surface area (Å²) in [5, 5.41) is 4.62. The van der Waals surface area contributed by atoms with Crippen LogP contribution in [0.1, 0.15) is 36.3 Å². The summed E-state index contributed by atoms with van der Waals surface area (Å²) < 4.78 is 0. The van der Waals surface area contributed by atoms with Crippen molar-refractivity contribution in [3.05, 3.63) is 46.5 Å². The highest BCUT2D eigenvalue weighted by Gasteiger charge is 2.17. The standard InChI is InChI=1S/C17H23N3S/c1-13(2)18-10-16-11-19-17(21-16)20-9-5-8-14-6-3-4-7-15(14)12-20/h3-4,6-7,11,13,18H,5,8-10,12H2,1-2H3. The number of aryl methyl sites for hydroxylation is 1. The number of benzene rings is 1. The minimum Gasteiger partial charge on any atom is -0.344 e. The third kappa shape index (κ3) is 3.63. The quantitative estimate of drug-likeness (QED) is 0.935. The first-order valence-corrected chi connectivity index (χ1v) is 8.54. The Hall–Kier alpha value is -1.39. The molecule has 2 heterocycles. The van der Waals surface area contributed by atoms with Crippen molar-refractivity contribution in [2.75, 3.05) is 11.4 Å². The zero-order valence-electron chi connectivity index (χ0n) is 12.8. The highest BCUT2D eigenvalue weighted by molar-refractivity contribution is 7.15. The molecule has 0 bridgehead atoms. The predicted octanol–water partition coefficient (Wildman–Crippen LogP) is 3.59. The van der Waals surface area contributed by atoms with Crippen LogP contribution in [0.5, 0.6) is 0 Å². The van der Waals surface area contributed by atoms with Crippen molar-refractivity contribution >= 4 is 16.5 Å². The molecule has 0 aliphatic carbocycles. The summed E-state index contributed by atoms with van der Waals surface area (Å²) in [6.45, 7) is 7.35. The van der Waals surface area contributed by atoms with E-state index < -0.39 is 0 Å². The van der Waals surface area contributed by atoms with E-state index in [9.17, 15) is 0 Å². The van der Waals surface area contributed by atoms with E-state index in [0.29, 0.717) is 6.04 Å². The van der Waals surface area contributed by atoms with Gasteiger partial charge in [-0.2, -0.15) is 0 Å². The Balaban J connectivity index is 1.72. The van der Waals surface area contributed by atoms with Gasteiger partial charge in [-0.05, 0) is 24.0 Å². The fraction of sp³-hybridized carbons (Fsp3) is 0.471. The Bertz CT molecular complexity index is 591. The second-order valence-electron chi connectivity index (χ2n) is 5.94. The second-order valence-corrected chi connectivity index (χ2v) is 7.03. The molecule has 0 fully saturated rings. The van der Waals surface area contributed by atoms with Gasteiger partial charge in [0.25, 0.3) is 0 Å².